The Morgan fingerprint density at radius 1 is 1.05 bits per heavy atom. The molecule has 1 aromatic heterocycles. The summed E-state index contributed by atoms with van der Waals surface area (Å²) < 4.78 is 0. The average Bonchev–Trinajstić information content (AvgIpc) is 2.48. The van der Waals surface area contributed by atoms with Crippen LogP contribution in [0.25, 0.3) is 10.9 Å². The van der Waals surface area contributed by atoms with Crippen molar-refractivity contribution in [3.8, 4) is 0 Å². The van der Waals surface area contributed by atoms with Gasteiger partial charge in [0.25, 0.3) is 0 Å². The summed E-state index contributed by atoms with van der Waals surface area (Å²) in [5.41, 5.74) is 8.99. The number of nitrogens with zero attached hydrogens (tertiary/aromatic N) is 1. The second-order valence-corrected chi connectivity index (χ2v) is 5.90. The van der Waals surface area contributed by atoms with Crippen LogP contribution in [0.15, 0.2) is 59.6 Å². The predicted octanol–water partition coefficient (Wildman–Crippen LogP) is 4.76. The van der Waals surface area contributed by atoms with E-state index >= 15 is 0 Å². The monoisotopic (exact) mass is 300 g/mol. The highest BCUT2D eigenvalue weighted by Crippen LogP contribution is 2.34. The Kier molecular flexibility index (Phi) is 3.81. The third kappa shape index (κ3) is 2.74. The normalized spacial score (nSPS) is 10.8. The van der Waals surface area contributed by atoms with Crippen molar-refractivity contribution in [2.75, 3.05) is 5.73 Å². The number of anilines is 1. The third-order valence-corrected chi connectivity index (χ3v) is 4.52. The first-order chi connectivity index (χ1) is 9.74. The SMILES string of the molecule is Nc1cnc2ccccc2c1SCc1ccc(Cl)cc1. The lowest BCUT2D eigenvalue weighted by atomic mass is 10.2. The fourth-order valence-electron chi connectivity index (χ4n) is 2.03. The zero-order valence-corrected chi connectivity index (χ0v) is 12.3. The molecule has 0 saturated carbocycles. The quantitative estimate of drug-likeness (QED) is 0.709. The minimum absolute atomic E-state index is 0.725. The molecule has 20 heavy (non-hydrogen) atoms. The molecule has 0 spiro atoms. The second kappa shape index (κ2) is 5.73. The molecule has 0 aliphatic heterocycles. The maximum Gasteiger partial charge on any atom is 0.0714 e. The molecule has 3 rings (SSSR count). The van der Waals surface area contributed by atoms with E-state index in [4.69, 9.17) is 17.3 Å². The average molecular weight is 301 g/mol. The molecule has 2 N–H and O–H groups in total. The Hall–Kier alpha value is -1.71. The molecular weight excluding hydrogens is 288 g/mol. The van der Waals surface area contributed by atoms with Gasteiger partial charge in [-0.25, -0.2) is 0 Å². The summed E-state index contributed by atoms with van der Waals surface area (Å²) in [6.45, 7) is 0. The largest absolute Gasteiger partial charge is 0.397 e. The van der Waals surface area contributed by atoms with Crippen molar-refractivity contribution in [3.05, 3.63) is 65.3 Å². The van der Waals surface area contributed by atoms with Gasteiger partial charge >= 0.3 is 0 Å². The number of hydrogen-bond acceptors (Lipinski definition) is 3. The van der Waals surface area contributed by atoms with Crippen molar-refractivity contribution in [2.45, 2.75) is 10.6 Å². The molecule has 3 aromatic rings. The number of thioether (sulfide) groups is 1. The molecule has 2 aromatic carbocycles. The highest BCUT2D eigenvalue weighted by molar-refractivity contribution is 7.99. The molecule has 0 amide bonds. The number of hydrogen-bond donors (Lipinski definition) is 1. The highest BCUT2D eigenvalue weighted by atomic mass is 35.5. The fourth-order valence-corrected chi connectivity index (χ4v) is 3.21. The number of fused-ring (bicyclic) bond motifs is 1. The van der Waals surface area contributed by atoms with Gasteiger partial charge < -0.3 is 5.73 Å². The molecule has 2 nitrogen and oxygen atoms in total. The fraction of sp³-hybridized carbons (Fsp3) is 0.0625. The first kappa shape index (κ1) is 13.3. The van der Waals surface area contributed by atoms with E-state index < -0.39 is 0 Å². The Labute approximate surface area is 127 Å². The van der Waals surface area contributed by atoms with Gasteiger partial charge in [0.05, 0.1) is 17.4 Å². The Bertz CT molecular complexity index is 741. The number of benzene rings is 2. The van der Waals surface area contributed by atoms with Gasteiger partial charge in [0.15, 0.2) is 0 Å². The number of rotatable bonds is 3. The van der Waals surface area contributed by atoms with E-state index in [2.05, 4.69) is 11.1 Å². The van der Waals surface area contributed by atoms with Crippen molar-refractivity contribution in [3.63, 3.8) is 0 Å². The molecule has 4 heteroatoms. The Morgan fingerprint density at radius 2 is 1.80 bits per heavy atom. The number of pyridine rings is 1. The lowest BCUT2D eigenvalue weighted by Crippen LogP contribution is -1.92. The number of para-hydroxylation sites is 1. The van der Waals surface area contributed by atoms with Crippen molar-refractivity contribution in [1.82, 2.24) is 4.98 Å². The molecular formula is C16H13ClN2S. The minimum Gasteiger partial charge on any atom is -0.397 e. The van der Waals surface area contributed by atoms with Gasteiger partial charge in [0, 0.05) is 21.1 Å². The summed E-state index contributed by atoms with van der Waals surface area (Å²) in [4.78, 5) is 5.44. The van der Waals surface area contributed by atoms with Gasteiger partial charge in [-0.05, 0) is 23.8 Å². The Balaban J connectivity index is 1.90. The molecule has 0 saturated heterocycles. The zero-order chi connectivity index (χ0) is 13.9. The van der Waals surface area contributed by atoms with E-state index in [9.17, 15) is 0 Å². The van der Waals surface area contributed by atoms with Gasteiger partial charge in [0.2, 0.25) is 0 Å². The van der Waals surface area contributed by atoms with E-state index in [0.717, 1.165) is 32.3 Å². The summed E-state index contributed by atoms with van der Waals surface area (Å²) in [5, 5.41) is 1.86. The van der Waals surface area contributed by atoms with Crippen LogP contribution in [0.2, 0.25) is 5.02 Å². The van der Waals surface area contributed by atoms with Gasteiger partial charge in [-0.2, -0.15) is 0 Å². The molecule has 0 unspecified atom stereocenters. The van der Waals surface area contributed by atoms with Gasteiger partial charge in [-0.1, -0.05) is 41.9 Å². The lowest BCUT2D eigenvalue weighted by molar-refractivity contribution is 1.34. The van der Waals surface area contributed by atoms with Gasteiger partial charge in [-0.3, -0.25) is 4.98 Å². The zero-order valence-electron chi connectivity index (χ0n) is 10.7. The van der Waals surface area contributed by atoms with Crippen LogP contribution in [0.3, 0.4) is 0 Å². The first-order valence-corrected chi connectivity index (χ1v) is 7.61. The molecule has 0 radical (unpaired) electrons. The highest BCUT2D eigenvalue weighted by Gasteiger charge is 2.07. The summed E-state index contributed by atoms with van der Waals surface area (Å²) in [6.07, 6.45) is 1.73. The van der Waals surface area contributed by atoms with Crippen LogP contribution in [0, 0.1) is 0 Å². The van der Waals surface area contributed by atoms with Crippen LogP contribution in [0.1, 0.15) is 5.56 Å². The van der Waals surface area contributed by atoms with Crippen LogP contribution in [-0.4, -0.2) is 4.98 Å². The molecule has 0 fully saturated rings. The van der Waals surface area contributed by atoms with E-state index in [1.807, 2.05) is 42.5 Å². The maximum absolute atomic E-state index is 6.07. The summed E-state index contributed by atoms with van der Waals surface area (Å²) in [7, 11) is 0. The second-order valence-electron chi connectivity index (χ2n) is 4.47. The van der Waals surface area contributed by atoms with Crippen molar-refractivity contribution >= 4 is 40.0 Å². The van der Waals surface area contributed by atoms with E-state index in [1.54, 1.807) is 18.0 Å². The predicted molar refractivity (Wildman–Crippen MR) is 87.2 cm³/mol. The van der Waals surface area contributed by atoms with Crippen LogP contribution in [0.5, 0.6) is 0 Å². The van der Waals surface area contributed by atoms with Crippen molar-refractivity contribution in [1.29, 1.82) is 0 Å². The third-order valence-electron chi connectivity index (χ3n) is 3.05. The number of aromatic nitrogens is 1. The molecule has 0 bridgehead atoms. The summed E-state index contributed by atoms with van der Waals surface area (Å²) >= 11 is 7.62. The minimum atomic E-state index is 0.725. The molecule has 0 aliphatic rings. The van der Waals surface area contributed by atoms with Crippen LogP contribution < -0.4 is 5.73 Å². The van der Waals surface area contributed by atoms with Crippen LogP contribution >= 0.6 is 23.4 Å². The number of nitrogen functional groups attached to an aromatic ring is 1. The smallest absolute Gasteiger partial charge is 0.0714 e. The summed E-state index contributed by atoms with van der Waals surface area (Å²) in [6, 6.07) is 15.9. The van der Waals surface area contributed by atoms with Gasteiger partial charge in [0.1, 0.15) is 0 Å². The maximum atomic E-state index is 6.07. The molecule has 1 heterocycles. The topological polar surface area (TPSA) is 38.9 Å². The molecule has 0 atom stereocenters. The van der Waals surface area contributed by atoms with Crippen molar-refractivity contribution in [2.24, 2.45) is 0 Å². The van der Waals surface area contributed by atoms with Gasteiger partial charge in [-0.15, -0.1) is 11.8 Å². The number of halogens is 1. The van der Waals surface area contributed by atoms with Crippen molar-refractivity contribution < 1.29 is 0 Å². The van der Waals surface area contributed by atoms with E-state index in [0.29, 0.717) is 0 Å². The number of nitrogens with two attached hydrogens (primary N) is 1. The summed E-state index contributed by atoms with van der Waals surface area (Å²) in [5.74, 6) is 0.857. The molecule has 100 valence electrons. The van der Waals surface area contributed by atoms with E-state index in [1.165, 1.54) is 5.56 Å². The standard InChI is InChI=1S/C16H13ClN2S/c17-12-7-5-11(6-8-12)10-20-16-13-3-1-2-4-15(13)19-9-14(16)18/h1-9H,10,18H2. The van der Waals surface area contributed by atoms with Crippen LogP contribution in [-0.2, 0) is 5.75 Å². The molecule has 0 aliphatic carbocycles. The first-order valence-electron chi connectivity index (χ1n) is 6.24. The van der Waals surface area contributed by atoms with E-state index in [-0.39, 0.29) is 0 Å². The lowest BCUT2D eigenvalue weighted by Gasteiger charge is -2.09. The van der Waals surface area contributed by atoms with Crippen LogP contribution in [0.4, 0.5) is 5.69 Å². The Morgan fingerprint density at radius 3 is 2.60 bits per heavy atom.